The predicted octanol–water partition coefficient (Wildman–Crippen LogP) is 1.71. The van der Waals surface area contributed by atoms with Gasteiger partial charge in [-0.2, -0.15) is 0 Å². The summed E-state index contributed by atoms with van der Waals surface area (Å²) in [5.41, 5.74) is 0.950. The van der Waals surface area contributed by atoms with Crippen molar-refractivity contribution in [2.24, 2.45) is 0 Å². The minimum atomic E-state index is 0. The molecule has 0 unspecified atom stereocenters. The van der Waals surface area contributed by atoms with Gasteiger partial charge in [0, 0.05) is 31.5 Å². The second-order valence-corrected chi connectivity index (χ2v) is 4.63. The van der Waals surface area contributed by atoms with Crippen molar-refractivity contribution in [2.45, 2.75) is 5.16 Å². The maximum atomic E-state index is 5.35. The zero-order valence-corrected chi connectivity index (χ0v) is 11.7. The zero-order valence-electron chi connectivity index (χ0n) is 10.1. The average molecular weight is 287 g/mol. The van der Waals surface area contributed by atoms with Crippen molar-refractivity contribution in [1.82, 2.24) is 14.4 Å². The highest BCUT2D eigenvalue weighted by Crippen LogP contribution is 2.21. The standard InChI is InChI=1S/C11H14N4OS.ClH/c1-17-11-13-10(14-4-6-16-7-5-14)8-9-12-2-3-15(9)11;/h2-3,8H,4-7H2,1H3;1H. The first-order valence-electron chi connectivity index (χ1n) is 5.59. The minimum absolute atomic E-state index is 0. The van der Waals surface area contributed by atoms with E-state index in [1.54, 1.807) is 18.0 Å². The second kappa shape index (κ2) is 5.77. The fourth-order valence-electron chi connectivity index (χ4n) is 1.98. The van der Waals surface area contributed by atoms with E-state index in [-0.39, 0.29) is 12.4 Å². The van der Waals surface area contributed by atoms with Crippen molar-refractivity contribution < 1.29 is 4.74 Å². The number of hydrogen-bond donors (Lipinski definition) is 0. The van der Waals surface area contributed by atoms with E-state index in [0.29, 0.717) is 0 Å². The van der Waals surface area contributed by atoms with Gasteiger partial charge in [0.15, 0.2) is 5.16 Å². The molecule has 18 heavy (non-hydrogen) atoms. The van der Waals surface area contributed by atoms with Crippen LogP contribution in [0.25, 0.3) is 5.65 Å². The second-order valence-electron chi connectivity index (χ2n) is 3.86. The van der Waals surface area contributed by atoms with Crippen LogP contribution in [0.3, 0.4) is 0 Å². The first-order chi connectivity index (χ1) is 8.38. The van der Waals surface area contributed by atoms with Crippen LogP contribution >= 0.6 is 24.2 Å². The summed E-state index contributed by atoms with van der Waals surface area (Å²) in [4.78, 5) is 11.3. The molecule has 0 spiro atoms. The van der Waals surface area contributed by atoms with Crippen molar-refractivity contribution >= 4 is 35.6 Å². The largest absolute Gasteiger partial charge is 0.378 e. The fraction of sp³-hybridized carbons (Fsp3) is 0.455. The van der Waals surface area contributed by atoms with Crippen molar-refractivity contribution in [3.8, 4) is 0 Å². The van der Waals surface area contributed by atoms with Crippen LogP contribution in [-0.2, 0) is 4.74 Å². The number of hydrogen-bond acceptors (Lipinski definition) is 5. The summed E-state index contributed by atoms with van der Waals surface area (Å²) in [6.45, 7) is 3.35. The molecule has 2 aromatic rings. The molecule has 1 aliphatic heterocycles. The van der Waals surface area contributed by atoms with E-state index in [2.05, 4.69) is 14.9 Å². The topological polar surface area (TPSA) is 42.7 Å². The molecule has 0 radical (unpaired) electrons. The van der Waals surface area contributed by atoms with E-state index >= 15 is 0 Å². The zero-order chi connectivity index (χ0) is 11.7. The van der Waals surface area contributed by atoms with Crippen LogP contribution in [0.5, 0.6) is 0 Å². The quantitative estimate of drug-likeness (QED) is 0.621. The first kappa shape index (κ1) is 13.5. The molecule has 0 bridgehead atoms. The van der Waals surface area contributed by atoms with Crippen molar-refractivity contribution in [1.29, 1.82) is 0 Å². The van der Waals surface area contributed by atoms with Gasteiger partial charge in [0.25, 0.3) is 0 Å². The molecule has 0 N–H and O–H groups in total. The van der Waals surface area contributed by atoms with E-state index in [4.69, 9.17) is 4.74 Å². The van der Waals surface area contributed by atoms with Crippen LogP contribution in [0.15, 0.2) is 23.6 Å². The number of ether oxygens (including phenoxy) is 1. The van der Waals surface area contributed by atoms with Gasteiger partial charge in [0.05, 0.1) is 13.2 Å². The molecule has 3 rings (SSSR count). The molecule has 98 valence electrons. The molecule has 1 fully saturated rings. The molecule has 1 saturated heterocycles. The number of aromatic nitrogens is 3. The van der Waals surface area contributed by atoms with Gasteiger partial charge in [0.1, 0.15) is 11.5 Å². The molecule has 5 nitrogen and oxygen atoms in total. The molecule has 0 amide bonds. The Morgan fingerprint density at radius 3 is 2.83 bits per heavy atom. The lowest BCUT2D eigenvalue weighted by atomic mass is 10.4. The predicted molar refractivity (Wildman–Crippen MR) is 75.0 cm³/mol. The Hall–Kier alpha value is -0.980. The van der Waals surface area contributed by atoms with E-state index in [0.717, 1.165) is 42.9 Å². The smallest absolute Gasteiger partial charge is 0.175 e. The average Bonchev–Trinajstić information content (AvgIpc) is 2.86. The molecule has 3 heterocycles. The Kier molecular flexibility index (Phi) is 4.31. The molecule has 0 aromatic carbocycles. The van der Waals surface area contributed by atoms with Crippen LogP contribution in [-0.4, -0.2) is 46.9 Å². The molecule has 2 aromatic heterocycles. The number of anilines is 1. The molecular formula is C11H15ClN4OS. The maximum Gasteiger partial charge on any atom is 0.175 e. The van der Waals surface area contributed by atoms with Gasteiger partial charge < -0.3 is 9.64 Å². The highest BCUT2D eigenvalue weighted by atomic mass is 35.5. The third kappa shape index (κ3) is 2.41. The molecule has 1 aliphatic rings. The van der Waals surface area contributed by atoms with E-state index in [1.165, 1.54) is 0 Å². The highest BCUT2D eigenvalue weighted by Gasteiger charge is 2.15. The van der Waals surface area contributed by atoms with Crippen LogP contribution in [0.2, 0.25) is 0 Å². The van der Waals surface area contributed by atoms with E-state index < -0.39 is 0 Å². The molecule has 0 aliphatic carbocycles. The van der Waals surface area contributed by atoms with Gasteiger partial charge in [-0.1, -0.05) is 11.8 Å². The van der Waals surface area contributed by atoms with E-state index in [9.17, 15) is 0 Å². The van der Waals surface area contributed by atoms with Gasteiger partial charge in [-0.25, -0.2) is 9.97 Å². The highest BCUT2D eigenvalue weighted by molar-refractivity contribution is 7.98. The Morgan fingerprint density at radius 1 is 1.33 bits per heavy atom. The number of morpholine rings is 1. The maximum absolute atomic E-state index is 5.35. The molecule has 0 saturated carbocycles. The summed E-state index contributed by atoms with van der Waals surface area (Å²) in [5, 5.41) is 0.974. The summed E-state index contributed by atoms with van der Waals surface area (Å²) in [6.07, 6.45) is 5.78. The number of rotatable bonds is 2. The number of imidazole rings is 1. The van der Waals surface area contributed by atoms with Gasteiger partial charge in [-0.15, -0.1) is 12.4 Å². The lowest BCUT2D eigenvalue weighted by molar-refractivity contribution is 0.122. The lowest BCUT2D eigenvalue weighted by Crippen LogP contribution is -2.36. The summed E-state index contributed by atoms with van der Waals surface area (Å²) in [5.74, 6) is 0.997. The van der Waals surface area contributed by atoms with E-state index in [1.807, 2.05) is 22.9 Å². The fourth-order valence-corrected chi connectivity index (χ4v) is 2.52. The monoisotopic (exact) mass is 286 g/mol. The lowest BCUT2D eigenvalue weighted by Gasteiger charge is -2.28. The number of nitrogens with zero attached hydrogens (tertiary/aromatic N) is 4. The Morgan fingerprint density at radius 2 is 2.11 bits per heavy atom. The van der Waals surface area contributed by atoms with Gasteiger partial charge >= 0.3 is 0 Å². The van der Waals surface area contributed by atoms with Crippen molar-refractivity contribution in [3.63, 3.8) is 0 Å². The summed E-state index contributed by atoms with van der Waals surface area (Å²) in [7, 11) is 0. The SMILES string of the molecule is CSc1nc(N2CCOCC2)cc2nccn12.Cl. The summed E-state index contributed by atoms with van der Waals surface area (Å²) >= 11 is 1.64. The Balaban J connectivity index is 0.00000120. The van der Waals surface area contributed by atoms with Crippen LogP contribution in [0.4, 0.5) is 5.82 Å². The van der Waals surface area contributed by atoms with Crippen molar-refractivity contribution in [2.75, 3.05) is 37.5 Å². The first-order valence-corrected chi connectivity index (χ1v) is 6.82. The summed E-state index contributed by atoms with van der Waals surface area (Å²) < 4.78 is 7.36. The van der Waals surface area contributed by atoms with Crippen LogP contribution < -0.4 is 4.90 Å². The molecule has 0 atom stereocenters. The third-order valence-electron chi connectivity index (χ3n) is 2.86. The molecule has 7 heteroatoms. The summed E-state index contributed by atoms with van der Waals surface area (Å²) in [6, 6.07) is 2.03. The van der Waals surface area contributed by atoms with Crippen LogP contribution in [0.1, 0.15) is 0 Å². The number of fused-ring (bicyclic) bond motifs is 1. The molecular weight excluding hydrogens is 272 g/mol. The van der Waals surface area contributed by atoms with Gasteiger partial charge in [-0.05, 0) is 6.26 Å². The van der Waals surface area contributed by atoms with Gasteiger partial charge in [0.2, 0.25) is 0 Å². The van der Waals surface area contributed by atoms with Crippen molar-refractivity contribution in [3.05, 3.63) is 18.5 Å². The normalized spacial score (nSPS) is 15.7. The third-order valence-corrected chi connectivity index (χ3v) is 3.51. The Labute approximate surface area is 116 Å². The Bertz CT molecular complexity index is 527. The number of halogens is 1. The number of thioether (sulfide) groups is 1. The minimum Gasteiger partial charge on any atom is -0.378 e. The van der Waals surface area contributed by atoms with Gasteiger partial charge in [-0.3, -0.25) is 4.40 Å². The van der Waals surface area contributed by atoms with Crippen LogP contribution in [0, 0.1) is 0 Å².